The average molecular weight is 587 g/mol. The molecule has 35 heavy (non-hydrogen) atoms. The molecule has 1 aliphatic carbocycles. The number of aromatic nitrogens is 2. The molecule has 2 aromatic rings. The molecule has 2 bridgehead atoms. The fourth-order valence-electron chi connectivity index (χ4n) is 5.64. The molecular formula is C27H39N4O2RhS-. The fourth-order valence-corrected chi connectivity index (χ4v) is 6.54. The van der Waals surface area contributed by atoms with E-state index in [0.717, 1.165) is 36.2 Å². The Hall–Kier alpha value is -1.63. The molecule has 1 saturated carbocycles. The van der Waals surface area contributed by atoms with Crippen LogP contribution in [0.4, 0.5) is 11.5 Å². The topological polar surface area (TPSA) is 78.4 Å². The standard InChI is InChI=1S/C15H26NO2.C10H7N3S.C2H6.Rh/c1-5-16-7-12-9(2)6-10(3)13(8-16)14(12)11(4)15(17)18;1-2-4-8-7(3-1)13-9-10(14-8)12-6-5-11-9;1-2;/h9-10,12-14H,5-8H2,1-4H3,(H,17,18);1-6H,(H,11,13);1-2H3;/q-1;;;. The maximum Gasteiger partial charge on any atom is 0.166 e. The summed E-state index contributed by atoms with van der Waals surface area (Å²) in [5.41, 5.74) is 1.10. The van der Waals surface area contributed by atoms with Gasteiger partial charge in [0, 0.05) is 36.8 Å². The summed E-state index contributed by atoms with van der Waals surface area (Å²) >= 11 is 1.65. The minimum Gasteiger partial charge on any atom is -0.503 e. The number of nitrogens with zero attached hydrogens (tertiary/aromatic N) is 3. The number of para-hydroxylation sites is 1. The maximum atomic E-state index is 11.3. The smallest absolute Gasteiger partial charge is 0.166 e. The summed E-state index contributed by atoms with van der Waals surface area (Å²) in [7, 11) is 0. The van der Waals surface area contributed by atoms with Crippen LogP contribution < -0.4 is 5.32 Å². The van der Waals surface area contributed by atoms with Crippen LogP contribution in [-0.2, 0) is 24.3 Å². The number of fused-ring (bicyclic) bond motifs is 4. The minimum absolute atomic E-state index is 0. The zero-order chi connectivity index (χ0) is 24.8. The van der Waals surface area contributed by atoms with Crippen molar-refractivity contribution in [1.82, 2.24) is 14.9 Å². The number of likely N-dealkylation sites (tertiary alicyclic amines) is 1. The van der Waals surface area contributed by atoms with Gasteiger partial charge in [-0.1, -0.05) is 58.5 Å². The molecule has 2 fully saturated rings. The molecule has 1 radical (unpaired) electrons. The van der Waals surface area contributed by atoms with Gasteiger partial charge in [-0.3, -0.25) is 10.7 Å². The number of aliphatic carboxylic acids is 1. The third-order valence-electron chi connectivity index (χ3n) is 7.36. The van der Waals surface area contributed by atoms with E-state index >= 15 is 0 Å². The second-order valence-electron chi connectivity index (χ2n) is 9.32. The second kappa shape index (κ2) is 13.6. The van der Waals surface area contributed by atoms with Crippen LogP contribution in [0, 0.1) is 35.5 Å². The number of rotatable bonds is 3. The summed E-state index contributed by atoms with van der Waals surface area (Å²) in [4.78, 5) is 23.5. The van der Waals surface area contributed by atoms with E-state index in [-0.39, 0.29) is 19.5 Å². The van der Waals surface area contributed by atoms with Gasteiger partial charge in [-0.25, -0.2) is 9.97 Å². The Morgan fingerprint density at radius 1 is 1.14 bits per heavy atom. The van der Waals surface area contributed by atoms with Gasteiger partial charge in [-0.05, 0) is 61.9 Å². The molecule has 4 unspecified atom stereocenters. The molecule has 6 nitrogen and oxygen atoms in total. The van der Waals surface area contributed by atoms with Crippen molar-refractivity contribution < 1.29 is 29.4 Å². The van der Waals surface area contributed by atoms with Gasteiger partial charge >= 0.3 is 0 Å². The average Bonchev–Trinajstić information content (AvgIpc) is 2.86. The summed E-state index contributed by atoms with van der Waals surface area (Å²) in [6.07, 6.45) is 4.66. The number of piperidine rings is 1. The number of benzene rings is 1. The van der Waals surface area contributed by atoms with Crippen LogP contribution in [0.2, 0.25) is 0 Å². The largest absolute Gasteiger partial charge is 0.503 e. The molecule has 3 heterocycles. The van der Waals surface area contributed by atoms with Crippen LogP contribution in [0.1, 0.15) is 48.0 Å². The Kier molecular flexibility index (Phi) is 11.5. The van der Waals surface area contributed by atoms with Crippen molar-refractivity contribution in [2.75, 3.05) is 25.0 Å². The SMILES string of the molecule is CC.CCN1CC2C(C)CC(C)C(C1)C2[C-](C)C(=O)O.[Rh].c1ccc2c(c1)Nc1nccnc1S2. The van der Waals surface area contributed by atoms with E-state index in [0.29, 0.717) is 35.5 Å². The summed E-state index contributed by atoms with van der Waals surface area (Å²) in [5.74, 6) is 3.50. The van der Waals surface area contributed by atoms with Crippen molar-refractivity contribution in [2.24, 2.45) is 29.6 Å². The molecule has 1 saturated heterocycles. The van der Waals surface area contributed by atoms with Crippen molar-refractivity contribution in [3.05, 3.63) is 42.6 Å². The normalized spacial score (nSPS) is 26.1. The molecule has 3 aliphatic rings. The van der Waals surface area contributed by atoms with Gasteiger partial charge in [0.2, 0.25) is 0 Å². The molecule has 0 amide bonds. The molecule has 1 aromatic carbocycles. The number of nitrogens with one attached hydrogen (secondary N) is 1. The maximum absolute atomic E-state index is 11.3. The molecule has 1 aromatic heterocycles. The van der Waals surface area contributed by atoms with Gasteiger partial charge in [0.1, 0.15) is 5.03 Å². The molecule has 5 rings (SSSR count). The van der Waals surface area contributed by atoms with E-state index in [2.05, 4.69) is 47.0 Å². The predicted octanol–water partition coefficient (Wildman–Crippen LogP) is 6.23. The van der Waals surface area contributed by atoms with Gasteiger partial charge in [0.15, 0.2) is 11.8 Å². The third kappa shape index (κ3) is 6.78. The van der Waals surface area contributed by atoms with Gasteiger partial charge in [0.05, 0.1) is 5.69 Å². The number of anilines is 2. The van der Waals surface area contributed by atoms with Crippen LogP contribution in [-0.4, -0.2) is 45.6 Å². The van der Waals surface area contributed by atoms with Gasteiger partial charge < -0.3 is 15.3 Å². The molecular weight excluding hydrogens is 547 g/mol. The first-order chi connectivity index (χ1) is 16.4. The zero-order valence-electron chi connectivity index (χ0n) is 21.6. The van der Waals surface area contributed by atoms with E-state index in [9.17, 15) is 9.90 Å². The second-order valence-corrected chi connectivity index (χ2v) is 10.3. The van der Waals surface area contributed by atoms with Crippen molar-refractivity contribution in [3.8, 4) is 0 Å². The molecule has 195 valence electrons. The fraction of sp³-hybridized carbons (Fsp3) is 0.556. The number of carbonyl (C=O) groups is 1. The van der Waals surface area contributed by atoms with E-state index in [1.54, 1.807) is 24.2 Å². The van der Waals surface area contributed by atoms with E-state index in [4.69, 9.17) is 0 Å². The van der Waals surface area contributed by atoms with E-state index in [1.807, 2.05) is 39.0 Å². The Morgan fingerprint density at radius 2 is 1.74 bits per heavy atom. The number of carboxylic acid groups (broad SMARTS) is 1. The number of carboxylic acids is 1. The quantitative estimate of drug-likeness (QED) is 0.278. The Labute approximate surface area is 227 Å². The molecule has 2 N–H and O–H groups in total. The molecule has 0 spiro atoms. The zero-order valence-corrected chi connectivity index (χ0v) is 24.1. The first-order valence-corrected chi connectivity index (χ1v) is 13.3. The van der Waals surface area contributed by atoms with Crippen LogP contribution >= 0.6 is 11.8 Å². The number of hydrogen-bond acceptors (Lipinski definition) is 6. The Bertz CT molecular complexity index is 857. The van der Waals surface area contributed by atoms with E-state index < -0.39 is 5.97 Å². The molecule has 4 atom stereocenters. The molecule has 2 aliphatic heterocycles. The molecule has 8 heteroatoms. The predicted molar refractivity (Wildman–Crippen MR) is 139 cm³/mol. The monoisotopic (exact) mass is 586 g/mol. The van der Waals surface area contributed by atoms with Gasteiger partial charge in [-0.2, -0.15) is 6.92 Å². The van der Waals surface area contributed by atoms with Crippen molar-refractivity contribution in [3.63, 3.8) is 0 Å². The van der Waals surface area contributed by atoms with Gasteiger partial charge in [-0.15, -0.1) is 5.92 Å². The van der Waals surface area contributed by atoms with Gasteiger partial charge in [0.25, 0.3) is 0 Å². The first-order valence-electron chi connectivity index (χ1n) is 12.5. The summed E-state index contributed by atoms with van der Waals surface area (Å²) in [6, 6.07) is 8.15. The summed E-state index contributed by atoms with van der Waals surface area (Å²) in [6.45, 7) is 15.9. The van der Waals surface area contributed by atoms with Crippen molar-refractivity contribution >= 4 is 29.2 Å². The van der Waals surface area contributed by atoms with Crippen LogP contribution in [0.25, 0.3) is 0 Å². The third-order valence-corrected chi connectivity index (χ3v) is 8.43. The first kappa shape index (κ1) is 29.6. The Balaban J connectivity index is 0.000000229. The number of hydrogen-bond donors (Lipinski definition) is 2. The van der Waals surface area contributed by atoms with Crippen LogP contribution in [0.15, 0.2) is 46.6 Å². The van der Waals surface area contributed by atoms with Crippen molar-refractivity contribution in [2.45, 2.75) is 57.9 Å². The minimum atomic E-state index is -0.693. The van der Waals surface area contributed by atoms with Crippen molar-refractivity contribution in [1.29, 1.82) is 0 Å². The van der Waals surface area contributed by atoms with Crippen LogP contribution in [0.3, 0.4) is 0 Å². The van der Waals surface area contributed by atoms with E-state index in [1.165, 1.54) is 11.3 Å². The summed E-state index contributed by atoms with van der Waals surface area (Å²) in [5, 5.41) is 13.5. The Morgan fingerprint density at radius 3 is 2.34 bits per heavy atom. The summed E-state index contributed by atoms with van der Waals surface area (Å²) < 4.78 is 0. The van der Waals surface area contributed by atoms with Crippen LogP contribution in [0.5, 0.6) is 0 Å².